The maximum absolute atomic E-state index is 13.0. The number of amides is 1. The maximum Gasteiger partial charge on any atom is 0.255 e. The summed E-state index contributed by atoms with van der Waals surface area (Å²) < 4.78 is 25.9. The third kappa shape index (κ3) is 5.23. The lowest BCUT2D eigenvalue weighted by Crippen LogP contribution is -2.38. The fraction of sp³-hybridized carbons (Fsp3) is 0.435. The number of carbonyl (C=O) groups excluding carboxylic acids is 1. The molecule has 1 fully saturated rings. The van der Waals surface area contributed by atoms with Crippen molar-refractivity contribution in [2.75, 3.05) is 27.2 Å². The number of carbonyl (C=O) groups is 1. The molecule has 0 atom stereocenters. The van der Waals surface area contributed by atoms with Gasteiger partial charge in [-0.15, -0.1) is 0 Å². The van der Waals surface area contributed by atoms with E-state index in [0.29, 0.717) is 19.0 Å². The van der Waals surface area contributed by atoms with Crippen molar-refractivity contribution in [1.29, 1.82) is 0 Å². The average Bonchev–Trinajstić information content (AvgIpc) is 2.73. The van der Waals surface area contributed by atoms with Crippen LogP contribution in [-0.2, 0) is 16.4 Å². The molecule has 1 heterocycles. The van der Waals surface area contributed by atoms with Gasteiger partial charge in [0.25, 0.3) is 5.91 Å². The summed E-state index contributed by atoms with van der Waals surface area (Å²) in [6.45, 7) is 3.42. The SMILES string of the molecule is Cc1ccc(CCC2CCN(C(=O)c3cc(S(=O)(=O)N(C)C)ccc3Cl)CC2)cc1. The molecule has 0 radical (unpaired) electrons. The van der Waals surface area contributed by atoms with Crippen LogP contribution in [0.1, 0.15) is 40.7 Å². The molecule has 7 heteroatoms. The average molecular weight is 449 g/mol. The lowest BCUT2D eigenvalue weighted by atomic mass is 9.90. The highest BCUT2D eigenvalue weighted by atomic mass is 35.5. The Hall–Kier alpha value is -1.89. The summed E-state index contributed by atoms with van der Waals surface area (Å²) >= 11 is 6.24. The third-order valence-electron chi connectivity index (χ3n) is 5.81. The van der Waals surface area contributed by atoms with Crippen molar-refractivity contribution in [2.24, 2.45) is 5.92 Å². The fourth-order valence-electron chi connectivity index (χ4n) is 3.76. The number of piperidine rings is 1. The van der Waals surface area contributed by atoms with E-state index in [1.165, 1.54) is 43.4 Å². The van der Waals surface area contributed by atoms with E-state index < -0.39 is 10.0 Å². The predicted molar refractivity (Wildman–Crippen MR) is 120 cm³/mol. The first-order valence-electron chi connectivity index (χ1n) is 10.3. The molecule has 0 N–H and O–H groups in total. The molecular formula is C23H29ClN2O3S. The van der Waals surface area contributed by atoms with E-state index in [0.717, 1.165) is 30.0 Å². The maximum atomic E-state index is 13.0. The van der Waals surface area contributed by atoms with Crippen LogP contribution in [0.2, 0.25) is 5.02 Å². The van der Waals surface area contributed by atoms with Crippen molar-refractivity contribution in [1.82, 2.24) is 9.21 Å². The van der Waals surface area contributed by atoms with Crippen LogP contribution in [-0.4, -0.2) is 50.7 Å². The van der Waals surface area contributed by atoms with Crippen molar-refractivity contribution in [3.63, 3.8) is 0 Å². The molecule has 2 aromatic rings. The number of sulfonamides is 1. The van der Waals surface area contributed by atoms with Crippen molar-refractivity contribution in [2.45, 2.75) is 37.5 Å². The first-order valence-corrected chi connectivity index (χ1v) is 12.1. The van der Waals surface area contributed by atoms with E-state index in [4.69, 9.17) is 11.6 Å². The standard InChI is InChI=1S/C23H29ClN2O3S/c1-17-4-6-18(7-5-17)8-9-19-12-14-26(15-13-19)23(27)21-16-20(10-11-22(21)24)30(28,29)25(2)3/h4-7,10-11,16,19H,8-9,12-15H2,1-3H3. The Balaban J connectivity index is 1.62. The largest absolute Gasteiger partial charge is 0.339 e. The van der Waals surface area contributed by atoms with E-state index in [2.05, 4.69) is 31.2 Å². The third-order valence-corrected chi connectivity index (χ3v) is 7.95. The minimum atomic E-state index is -3.62. The Morgan fingerprint density at radius 2 is 1.73 bits per heavy atom. The summed E-state index contributed by atoms with van der Waals surface area (Å²) in [6.07, 6.45) is 4.06. The highest BCUT2D eigenvalue weighted by Gasteiger charge is 2.27. The van der Waals surface area contributed by atoms with Gasteiger partial charge >= 0.3 is 0 Å². The zero-order valence-corrected chi connectivity index (χ0v) is 19.3. The van der Waals surface area contributed by atoms with Crippen molar-refractivity contribution < 1.29 is 13.2 Å². The molecule has 0 aliphatic carbocycles. The molecule has 5 nitrogen and oxygen atoms in total. The van der Waals surface area contributed by atoms with Gasteiger partial charge in [0.05, 0.1) is 15.5 Å². The number of aryl methyl sites for hydroxylation is 2. The molecule has 30 heavy (non-hydrogen) atoms. The Labute approximate surface area is 184 Å². The van der Waals surface area contributed by atoms with Crippen LogP contribution in [0.5, 0.6) is 0 Å². The summed E-state index contributed by atoms with van der Waals surface area (Å²) in [6, 6.07) is 13.0. The summed E-state index contributed by atoms with van der Waals surface area (Å²) in [4.78, 5) is 14.9. The van der Waals surface area contributed by atoms with Gasteiger partial charge in [-0.2, -0.15) is 0 Å². The smallest absolute Gasteiger partial charge is 0.255 e. The first kappa shape index (κ1) is 22.8. The second-order valence-corrected chi connectivity index (χ2v) is 10.7. The van der Waals surface area contributed by atoms with E-state index in [-0.39, 0.29) is 21.4 Å². The second kappa shape index (κ2) is 9.50. The summed E-state index contributed by atoms with van der Waals surface area (Å²) in [5, 5.41) is 0.277. The minimum absolute atomic E-state index is 0.0771. The van der Waals surface area contributed by atoms with Crippen molar-refractivity contribution >= 4 is 27.5 Å². The number of nitrogens with zero attached hydrogens (tertiary/aromatic N) is 2. The van der Waals surface area contributed by atoms with Gasteiger partial charge in [0.15, 0.2) is 0 Å². The van der Waals surface area contributed by atoms with Gasteiger partial charge < -0.3 is 4.90 Å². The number of benzene rings is 2. The predicted octanol–water partition coefficient (Wildman–Crippen LogP) is 4.38. The zero-order valence-electron chi connectivity index (χ0n) is 17.8. The molecule has 3 rings (SSSR count). The first-order chi connectivity index (χ1) is 14.2. The lowest BCUT2D eigenvalue weighted by Gasteiger charge is -2.32. The molecule has 1 aliphatic heterocycles. The van der Waals surface area contributed by atoms with E-state index in [9.17, 15) is 13.2 Å². The van der Waals surface area contributed by atoms with Crippen LogP contribution >= 0.6 is 11.6 Å². The second-order valence-electron chi connectivity index (χ2n) is 8.19. The Morgan fingerprint density at radius 3 is 2.33 bits per heavy atom. The lowest BCUT2D eigenvalue weighted by molar-refractivity contribution is 0.0687. The Morgan fingerprint density at radius 1 is 1.10 bits per heavy atom. The van der Waals surface area contributed by atoms with Crippen LogP contribution in [0.25, 0.3) is 0 Å². The number of hydrogen-bond acceptors (Lipinski definition) is 3. The highest BCUT2D eigenvalue weighted by Crippen LogP contribution is 2.27. The van der Waals surface area contributed by atoms with E-state index in [1.807, 2.05) is 0 Å². The van der Waals surface area contributed by atoms with Gasteiger partial charge in [0.1, 0.15) is 0 Å². The van der Waals surface area contributed by atoms with Crippen LogP contribution < -0.4 is 0 Å². The van der Waals surface area contributed by atoms with Gasteiger partial charge in [-0.3, -0.25) is 4.79 Å². The molecule has 1 aliphatic rings. The minimum Gasteiger partial charge on any atom is -0.339 e. The Bertz CT molecular complexity index is 996. The number of halogens is 1. The van der Waals surface area contributed by atoms with Crippen LogP contribution in [0.4, 0.5) is 0 Å². The normalized spacial score (nSPS) is 15.6. The monoisotopic (exact) mass is 448 g/mol. The molecule has 0 spiro atoms. The van der Waals surface area contributed by atoms with Crippen molar-refractivity contribution in [3.8, 4) is 0 Å². The zero-order chi connectivity index (χ0) is 21.9. The summed E-state index contributed by atoms with van der Waals surface area (Å²) in [7, 11) is -0.691. The fourth-order valence-corrected chi connectivity index (χ4v) is 4.89. The Kier molecular flexibility index (Phi) is 7.22. The van der Waals surface area contributed by atoms with E-state index >= 15 is 0 Å². The summed E-state index contributed by atoms with van der Waals surface area (Å²) in [5.41, 5.74) is 2.87. The number of rotatable bonds is 6. The van der Waals surface area contributed by atoms with Gasteiger partial charge in [-0.1, -0.05) is 41.4 Å². The molecule has 0 saturated carbocycles. The van der Waals surface area contributed by atoms with Gasteiger partial charge in [-0.25, -0.2) is 12.7 Å². The number of likely N-dealkylation sites (tertiary alicyclic amines) is 1. The topological polar surface area (TPSA) is 57.7 Å². The van der Waals surface area contributed by atoms with Gasteiger partial charge in [0, 0.05) is 27.2 Å². The highest BCUT2D eigenvalue weighted by molar-refractivity contribution is 7.89. The van der Waals surface area contributed by atoms with Crippen LogP contribution in [0.3, 0.4) is 0 Å². The molecule has 0 aromatic heterocycles. The molecule has 1 saturated heterocycles. The van der Waals surface area contributed by atoms with Crippen LogP contribution in [0, 0.1) is 12.8 Å². The van der Waals surface area contributed by atoms with Gasteiger partial charge in [-0.05, 0) is 62.3 Å². The van der Waals surface area contributed by atoms with Crippen LogP contribution in [0.15, 0.2) is 47.4 Å². The molecular weight excluding hydrogens is 420 g/mol. The molecule has 162 valence electrons. The molecule has 1 amide bonds. The summed E-state index contributed by atoms with van der Waals surface area (Å²) in [5.74, 6) is 0.388. The van der Waals surface area contributed by atoms with E-state index in [1.54, 1.807) is 4.90 Å². The molecule has 0 unspecified atom stereocenters. The quantitative estimate of drug-likeness (QED) is 0.658. The number of hydrogen-bond donors (Lipinski definition) is 0. The van der Waals surface area contributed by atoms with Crippen molar-refractivity contribution in [3.05, 3.63) is 64.2 Å². The molecule has 2 aromatic carbocycles. The molecule has 0 bridgehead atoms. The van der Waals surface area contributed by atoms with Gasteiger partial charge in [0.2, 0.25) is 10.0 Å².